The van der Waals surface area contributed by atoms with Crippen molar-refractivity contribution in [1.29, 1.82) is 0 Å². The van der Waals surface area contributed by atoms with Gasteiger partial charge < -0.3 is 9.64 Å². The Balaban J connectivity index is 1.62. The number of hydrogen-bond acceptors (Lipinski definition) is 4. The predicted octanol–water partition coefficient (Wildman–Crippen LogP) is 2.85. The van der Waals surface area contributed by atoms with Gasteiger partial charge in [-0.2, -0.15) is 4.31 Å². The number of carbonyl (C=O) groups excluding carboxylic acids is 1. The van der Waals surface area contributed by atoms with E-state index in [0.717, 1.165) is 0 Å². The van der Waals surface area contributed by atoms with Gasteiger partial charge in [0.25, 0.3) is 0 Å². The number of halogens is 1. The van der Waals surface area contributed by atoms with Gasteiger partial charge >= 0.3 is 6.09 Å². The average molecular weight is 381 g/mol. The molecule has 1 aliphatic rings. The highest BCUT2D eigenvalue weighted by atomic mass is 35.5. The zero-order valence-electron chi connectivity index (χ0n) is 13.3. The van der Waals surface area contributed by atoms with Crippen LogP contribution < -0.4 is 4.74 Å². The summed E-state index contributed by atoms with van der Waals surface area (Å²) in [4.78, 5) is 13.8. The highest BCUT2D eigenvalue weighted by molar-refractivity contribution is 7.89. The van der Waals surface area contributed by atoms with Crippen molar-refractivity contribution in [3.05, 3.63) is 59.6 Å². The quantitative estimate of drug-likeness (QED) is 0.821. The SMILES string of the molecule is O=C(Oc1ccccc1)N1CCN(S(=O)(=O)c2cccc(Cl)c2)CC1. The molecule has 2 aromatic carbocycles. The minimum Gasteiger partial charge on any atom is -0.410 e. The number of nitrogens with zero attached hydrogens (tertiary/aromatic N) is 2. The van der Waals surface area contributed by atoms with Crippen molar-refractivity contribution < 1.29 is 17.9 Å². The van der Waals surface area contributed by atoms with E-state index in [0.29, 0.717) is 10.8 Å². The Morgan fingerprint density at radius 2 is 1.64 bits per heavy atom. The summed E-state index contributed by atoms with van der Waals surface area (Å²) in [5.74, 6) is 0.460. The number of benzene rings is 2. The first-order valence-corrected chi connectivity index (χ1v) is 9.56. The van der Waals surface area contributed by atoms with Crippen LogP contribution in [0.15, 0.2) is 59.5 Å². The normalized spacial score (nSPS) is 15.8. The molecule has 25 heavy (non-hydrogen) atoms. The Morgan fingerprint density at radius 3 is 2.28 bits per heavy atom. The van der Waals surface area contributed by atoms with Gasteiger partial charge in [-0.15, -0.1) is 0 Å². The summed E-state index contributed by atoms with van der Waals surface area (Å²) in [6.07, 6.45) is -0.481. The Morgan fingerprint density at radius 1 is 0.960 bits per heavy atom. The minimum absolute atomic E-state index is 0.153. The molecule has 0 atom stereocenters. The lowest BCUT2D eigenvalue weighted by Gasteiger charge is -2.33. The molecule has 8 heteroatoms. The molecule has 1 aliphatic heterocycles. The molecule has 0 unspecified atom stereocenters. The summed E-state index contributed by atoms with van der Waals surface area (Å²) >= 11 is 5.88. The standard InChI is InChI=1S/C17H17ClN2O4S/c18-14-5-4-8-16(13-14)25(22,23)20-11-9-19(10-12-20)17(21)24-15-6-2-1-3-7-15/h1-8,13H,9-12H2. The topological polar surface area (TPSA) is 66.9 Å². The van der Waals surface area contributed by atoms with Crippen molar-refractivity contribution in [2.75, 3.05) is 26.2 Å². The lowest BCUT2D eigenvalue weighted by molar-refractivity contribution is 0.132. The first kappa shape index (κ1) is 17.7. The molecule has 1 saturated heterocycles. The average Bonchev–Trinajstić information content (AvgIpc) is 2.62. The zero-order chi connectivity index (χ0) is 17.9. The van der Waals surface area contributed by atoms with E-state index in [2.05, 4.69) is 0 Å². The molecular formula is C17H17ClN2O4S. The zero-order valence-corrected chi connectivity index (χ0v) is 14.9. The van der Waals surface area contributed by atoms with Crippen molar-refractivity contribution in [2.24, 2.45) is 0 Å². The van der Waals surface area contributed by atoms with Crippen LogP contribution in [0.25, 0.3) is 0 Å². The lowest BCUT2D eigenvalue weighted by atomic mass is 10.3. The molecule has 132 valence electrons. The maximum Gasteiger partial charge on any atom is 0.415 e. The number of carbonyl (C=O) groups is 1. The van der Waals surface area contributed by atoms with Crippen LogP contribution in [0.4, 0.5) is 4.79 Å². The van der Waals surface area contributed by atoms with Gasteiger partial charge in [0, 0.05) is 31.2 Å². The molecule has 0 bridgehead atoms. The van der Waals surface area contributed by atoms with Crippen LogP contribution in [0.3, 0.4) is 0 Å². The van der Waals surface area contributed by atoms with Gasteiger partial charge in [-0.25, -0.2) is 13.2 Å². The predicted molar refractivity (Wildman–Crippen MR) is 94.2 cm³/mol. The molecule has 6 nitrogen and oxygen atoms in total. The fourth-order valence-electron chi connectivity index (χ4n) is 2.54. The van der Waals surface area contributed by atoms with Gasteiger partial charge in [-0.05, 0) is 30.3 Å². The first-order valence-electron chi connectivity index (χ1n) is 7.74. The van der Waals surface area contributed by atoms with Gasteiger partial charge in [0.05, 0.1) is 4.90 Å². The highest BCUT2D eigenvalue weighted by Gasteiger charge is 2.30. The summed E-state index contributed by atoms with van der Waals surface area (Å²) in [6, 6.07) is 14.9. The second-order valence-electron chi connectivity index (χ2n) is 5.53. The Hall–Kier alpha value is -2.09. The van der Waals surface area contributed by atoms with Gasteiger partial charge in [0.1, 0.15) is 5.75 Å². The van der Waals surface area contributed by atoms with E-state index in [1.54, 1.807) is 36.4 Å². The molecule has 0 aliphatic carbocycles. The number of sulfonamides is 1. The fourth-order valence-corrected chi connectivity index (χ4v) is 4.27. The first-order chi connectivity index (χ1) is 12.0. The Kier molecular flexibility index (Phi) is 5.27. The second-order valence-corrected chi connectivity index (χ2v) is 7.90. The number of ether oxygens (including phenoxy) is 1. The molecule has 1 amide bonds. The third kappa shape index (κ3) is 4.12. The summed E-state index contributed by atoms with van der Waals surface area (Å²) in [6.45, 7) is 0.953. The van der Waals surface area contributed by atoms with Gasteiger partial charge in [0.15, 0.2) is 0 Å². The van der Waals surface area contributed by atoms with E-state index in [4.69, 9.17) is 16.3 Å². The van der Waals surface area contributed by atoms with E-state index in [1.165, 1.54) is 21.3 Å². The summed E-state index contributed by atoms with van der Waals surface area (Å²) in [7, 11) is -3.62. The van der Waals surface area contributed by atoms with E-state index in [-0.39, 0.29) is 31.1 Å². The van der Waals surface area contributed by atoms with E-state index in [9.17, 15) is 13.2 Å². The van der Waals surface area contributed by atoms with Crippen molar-refractivity contribution in [2.45, 2.75) is 4.90 Å². The van der Waals surface area contributed by atoms with Crippen LogP contribution in [0.1, 0.15) is 0 Å². The third-order valence-corrected chi connectivity index (χ3v) is 6.01. The van der Waals surface area contributed by atoms with Crippen molar-refractivity contribution in [3.8, 4) is 5.75 Å². The molecule has 1 heterocycles. The van der Waals surface area contributed by atoms with Crippen molar-refractivity contribution >= 4 is 27.7 Å². The highest BCUT2D eigenvalue weighted by Crippen LogP contribution is 2.21. The summed E-state index contributed by atoms with van der Waals surface area (Å²) in [5.41, 5.74) is 0. The third-order valence-electron chi connectivity index (χ3n) is 3.88. The lowest BCUT2D eigenvalue weighted by Crippen LogP contribution is -2.51. The van der Waals surface area contributed by atoms with E-state index < -0.39 is 16.1 Å². The molecule has 1 fully saturated rings. The van der Waals surface area contributed by atoms with Gasteiger partial charge in [-0.3, -0.25) is 0 Å². The van der Waals surface area contributed by atoms with Crippen LogP contribution >= 0.6 is 11.6 Å². The van der Waals surface area contributed by atoms with Gasteiger partial charge in [0.2, 0.25) is 10.0 Å². The number of hydrogen-bond donors (Lipinski definition) is 0. The van der Waals surface area contributed by atoms with Crippen LogP contribution in [0.2, 0.25) is 5.02 Å². The maximum atomic E-state index is 12.6. The summed E-state index contributed by atoms with van der Waals surface area (Å²) < 4.78 is 31.9. The van der Waals surface area contributed by atoms with Crippen molar-refractivity contribution in [1.82, 2.24) is 9.21 Å². The van der Waals surface area contributed by atoms with Crippen LogP contribution in [-0.2, 0) is 10.0 Å². The molecule has 0 saturated carbocycles. The molecule has 3 rings (SSSR count). The Labute approximate surface area is 151 Å². The Bertz CT molecular complexity index is 850. The van der Waals surface area contributed by atoms with Gasteiger partial charge in [-0.1, -0.05) is 35.9 Å². The summed E-state index contributed by atoms with van der Waals surface area (Å²) in [5, 5.41) is 0.367. The van der Waals surface area contributed by atoms with Crippen LogP contribution in [-0.4, -0.2) is 49.9 Å². The molecule has 0 aromatic heterocycles. The number of piperazine rings is 1. The smallest absolute Gasteiger partial charge is 0.410 e. The number of amides is 1. The molecule has 0 radical (unpaired) electrons. The van der Waals surface area contributed by atoms with E-state index in [1.807, 2.05) is 6.07 Å². The molecule has 0 N–H and O–H groups in total. The minimum atomic E-state index is -3.62. The van der Waals surface area contributed by atoms with E-state index >= 15 is 0 Å². The molecule has 2 aromatic rings. The molecular weight excluding hydrogens is 364 g/mol. The van der Waals surface area contributed by atoms with Crippen LogP contribution in [0.5, 0.6) is 5.75 Å². The second kappa shape index (κ2) is 7.43. The number of para-hydroxylation sites is 1. The van der Waals surface area contributed by atoms with Crippen molar-refractivity contribution in [3.63, 3.8) is 0 Å². The number of rotatable bonds is 3. The largest absolute Gasteiger partial charge is 0.415 e. The molecule has 0 spiro atoms. The monoisotopic (exact) mass is 380 g/mol. The van der Waals surface area contributed by atoms with Crippen LogP contribution in [0, 0.1) is 0 Å². The maximum absolute atomic E-state index is 12.6. The fraction of sp³-hybridized carbons (Fsp3) is 0.235.